The fourth-order valence-electron chi connectivity index (χ4n) is 1.38. The number of hydrogen-bond donors (Lipinski definition) is 0. The Kier molecular flexibility index (Phi) is 2.96. The summed E-state index contributed by atoms with van der Waals surface area (Å²) >= 11 is 5.80. The van der Waals surface area contributed by atoms with Gasteiger partial charge in [-0.15, -0.1) is 0 Å². The number of imidazole rings is 1. The van der Waals surface area contributed by atoms with Gasteiger partial charge in [0.15, 0.2) is 6.29 Å². The predicted molar refractivity (Wildman–Crippen MR) is 58.4 cm³/mol. The van der Waals surface area contributed by atoms with Crippen LogP contribution in [0.25, 0.3) is 0 Å². The molecule has 0 amide bonds. The van der Waals surface area contributed by atoms with Crippen molar-refractivity contribution in [3.05, 3.63) is 41.0 Å². The maximum Gasteiger partial charge on any atom is 0.155 e. The largest absolute Gasteiger partial charge is 0.338 e. The number of rotatable bonds is 3. The Bertz CT molecular complexity index is 523. The third-order valence-corrected chi connectivity index (χ3v) is 2.58. The van der Waals surface area contributed by atoms with E-state index in [4.69, 9.17) is 11.6 Å². The number of aryl methyl sites for hydroxylation is 1. The van der Waals surface area contributed by atoms with Crippen LogP contribution >= 0.6 is 11.6 Å². The van der Waals surface area contributed by atoms with Gasteiger partial charge >= 0.3 is 0 Å². The first kappa shape index (κ1) is 10.8. The number of halogens is 1. The molecule has 2 heterocycles. The summed E-state index contributed by atoms with van der Waals surface area (Å²) in [5.41, 5.74) is 0.913. The molecule has 0 saturated heterocycles. The summed E-state index contributed by atoms with van der Waals surface area (Å²) in [7, 11) is 1.88. The van der Waals surface area contributed by atoms with Crippen LogP contribution in [0.5, 0.6) is 0 Å². The highest BCUT2D eigenvalue weighted by molar-refractivity contribution is 6.31. The lowest BCUT2D eigenvalue weighted by Crippen LogP contribution is -2.05. The lowest BCUT2D eigenvalue weighted by Gasteiger charge is -2.04. The Morgan fingerprint density at radius 1 is 1.44 bits per heavy atom. The Balaban J connectivity index is 2.38. The Morgan fingerprint density at radius 3 is 2.88 bits per heavy atom. The first-order valence-corrected chi connectivity index (χ1v) is 5.01. The smallest absolute Gasteiger partial charge is 0.155 e. The number of aromatic nitrogens is 4. The molecule has 82 valence electrons. The first-order valence-electron chi connectivity index (χ1n) is 4.63. The van der Waals surface area contributed by atoms with E-state index in [1.54, 1.807) is 6.20 Å². The molecular weight excluding hydrogens is 228 g/mol. The van der Waals surface area contributed by atoms with Gasteiger partial charge in [-0.2, -0.15) is 0 Å². The molecule has 0 aromatic carbocycles. The number of carbonyl (C=O) groups excluding carboxylic acids is 1. The third kappa shape index (κ3) is 1.94. The molecule has 0 N–H and O–H groups in total. The third-order valence-electron chi connectivity index (χ3n) is 2.28. The predicted octanol–water partition coefficient (Wildman–Crippen LogP) is 1.27. The van der Waals surface area contributed by atoms with E-state index in [1.165, 1.54) is 6.33 Å². The molecule has 0 radical (unpaired) electrons. The minimum Gasteiger partial charge on any atom is -0.338 e. The molecule has 0 bridgehead atoms. The van der Waals surface area contributed by atoms with Gasteiger partial charge in [-0.1, -0.05) is 11.6 Å². The van der Waals surface area contributed by atoms with Gasteiger partial charge in [0, 0.05) is 25.9 Å². The second kappa shape index (κ2) is 4.40. The zero-order valence-corrected chi connectivity index (χ0v) is 9.35. The topological polar surface area (TPSA) is 60.7 Å². The first-order chi connectivity index (χ1) is 7.72. The molecule has 0 saturated carbocycles. The van der Waals surface area contributed by atoms with Crippen LogP contribution in [0.3, 0.4) is 0 Å². The second-order valence-electron chi connectivity index (χ2n) is 3.27. The van der Waals surface area contributed by atoms with Crippen molar-refractivity contribution in [2.75, 3.05) is 0 Å². The molecule has 0 unspecified atom stereocenters. The van der Waals surface area contributed by atoms with Crippen LogP contribution in [-0.2, 0) is 13.5 Å². The highest BCUT2D eigenvalue weighted by atomic mass is 35.5. The Hall–Kier alpha value is -1.75. The fourth-order valence-corrected chi connectivity index (χ4v) is 1.58. The van der Waals surface area contributed by atoms with Crippen LogP contribution < -0.4 is 0 Å². The van der Waals surface area contributed by atoms with E-state index in [1.807, 2.05) is 17.8 Å². The lowest BCUT2D eigenvalue weighted by atomic mass is 10.2. The summed E-state index contributed by atoms with van der Waals surface area (Å²) in [6, 6.07) is 0. The van der Waals surface area contributed by atoms with E-state index in [0.717, 1.165) is 5.82 Å². The van der Waals surface area contributed by atoms with E-state index in [-0.39, 0.29) is 5.15 Å². The van der Waals surface area contributed by atoms with Crippen LogP contribution in [0, 0.1) is 0 Å². The SMILES string of the molecule is Cn1ccnc1Cc1ncnc(Cl)c1C=O. The molecule has 5 nitrogen and oxygen atoms in total. The number of carbonyl (C=O) groups is 1. The normalized spacial score (nSPS) is 10.4. The molecule has 0 aliphatic rings. The monoisotopic (exact) mass is 236 g/mol. The van der Waals surface area contributed by atoms with Crippen LogP contribution in [-0.4, -0.2) is 25.8 Å². The van der Waals surface area contributed by atoms with Crippen molar-refractivity contribution < 1.29 is 4.79 Å². The van der Waals surface area contributed by atoms with E-state index in [9.17, 15) is 4.79 Å². The fraction of sp³-hybridized carbons (Fsp3) is 0.200. The quantitative estimate of drug-likeness (QED) is 0.595. The molecular formula is C10H9ClN4O. The number of hydrogen-bond acceptors (Lipinski definition) is 4. The number of aldehydes is 1. The van der Waals surface area contributed by atoms with Gasteiger partial charge in [0.1, 0.15) is 17.3 Å². The van der Waals surface area contributed by atoms with E-state index in [0.29, 0.717) is 24.0 Å². The van der Waals surface area contributed by atoms with Gasteiger partial charge in [0.2, 0.25) is 0 Å². The van der Waals surface area contributed by atoms with Gasteiger partial charge in [0.05, 0.1) is 11.3 Å². The van der Waals surface area contributed by atoms with Gasteiger partial charge in [0.25, 0.3) is 0 Å². The number of nitrogens with zero attached hydrogens (tertiary/aromatic N) is 4. The molecule has 0 atom stereocenters. The highest BCUT2D eigenvalue weighted by Gasteiger charge is 2.11. The van der Waals surface area contributed by atoms with Crippen LogP contribution in [0.2, 0.25) is 5.15 Å². The van der Waals surface area contributed by atoms with Crippen LogP contribution in [0.4, 0.5) is 0 Å². The maximum atomic E-state index is 10.9. The van der Waals surface area contributed by atoms with Crippen molar-refractivity contribution in [2.45, 2.75) is 6.42 Å². The standard InChI is InChI=1S/C10H9ClN4O/c1-15-3-2-12-9(15)4-8-7(5-16)10(11)14-6-13-8/h2-3,5-6H,4H2,1H3. The molecule has 0 fully saturated rings. The van der Waals surface area contributed by atoms with E-state index < -0.39 is 0 Å². The zero-order chi connectivity index (χ0) is 11.5. The molecule has 2 aromatic heterocycles. The minimum atomic E-state index is 0.175. The van der Waals surface area contributed by atoms with Crippen molar-refractivity contribution in [3.63, 3.8) is 0 Å². The highest BCUT2D eigenvalue weighted by Crippen LogP contribution is 2.15. The maximum absolute atomic E-state index is 10.9. The van der Waals surface area contributed by atoms with Crippen molar-refractivity contribution in [1.29, 1.82) is 0 Å². The average Bonchev–Trinajstić information content (AvgIpc) is 2.65. The second-order valence-corrected chi connectivity index (χ2v) is 3.63. The minimum absolute atomic E-state index is 0.175. The average molecular weight is 237 g/mol. The Morgan fingerprint density at radius 2 is 2.25 bits per heavy atom. The molecule has 6 heteroatoms. The lowest BCUT2D eigenvalue weighted by molar-refractivity contribution is 0.112. The van der Waals surface area contributed by atoms with Crippen molar-refractivity contribution >= 4 is 17.9 Å². The summed E-state index contributed by atoms with van der Waals surface area (Å²) in [6.07, 6.45) is 5.99. The molecule has 2 aromatic rings. The van der Waals surface area contributed by atoms with Crippen LogP contribution in [0.1, 0.15) is 21.9 Å². The van der Waals surface area contributed by atoms with Gasteiger partial charge < -0.3 is 4.57 Å². The van der Waals surface area contributed by atoms with E-state index in [2.05, 4.69) is 15.0 Å². The van der Waals surface area contributed by atoms with E-state index >= 15 is 0 Å². The van der Waals surface area contributed by atoms with Crippen LogP contribution in [0.15, 0.2) is 18.7 Å². The Labute approximate surface area is 97.1 Å². The summed E-state index contributed by atoms with van der Waals surface area (Å²) in [4.78, 5) is 22.8. The molecule has 0 aliphatic carbocycles. The van der Waals surface area contributed by atoms with Gasteiger partial charge in [-0.3, -0.25) is 4.79 Å². The van der Waals surface area contributed by atoms with Crippen molar-refractivity contribution in [2.24, 2.45) is 7.05 Å². The van der Waals surface area contributed by atoms with Crippen molar-refractivity contribution in [1.82, 2.24) is 19.5 Å². The van der Waals surface area contributed by atoms with Crippen molar-refractivity contribution in [3.8, 4) is 0 Å². The zero-order valence-electron chi connectivity index (χ0n) is 8.59. The summed E-state index contributed by atoms with van der Waals surface area (Å²) in [5, 5.41) is 0.175. The van der Waals surface area contributed by atoms with Gasteiger partial charge in [-0.25, -0.2) is 15.0 Å². The summed E-state index contributed by atoms with van der Waals surface area (Å²) < 4.78 is 1.87. The summed E-state index contributed by atoms with van der Waals surface area (Å²) in [6.45, 7) is 0. The molecule has 0 spiro atoms. The molecule has 0 aliphatic heterocycles. The molecule has 2 rings (SSSR count). The molecule has 16 heavy (non-hydrogen) atoms. The summed E-state index contributed by atoms with van der Waals surface area (Å²) in [5.74, 6) is 0.817. The van der Waals surface area contributed by atoms with Gasteiger partial charge in [-0.05, 0) is 0 Å².